The first-order valence-electron chi connectivity index (χ1n) is 1.67. The average molecular weight is 139 g/mol. The lowest BCUT2D eigenvalue weighted by Gasteiger charge is -1.80. The largest absolute Gasteiger partial charge is 0.299 e. The van der Waals surface area contributed by atoms with Crippen molar-refractivity contribution in [2.75, 3.05) is 0 Å². The Bertz CT molecular complexity index is 77.8. The fourth-order valence-corrected chi connectivity index (χ4v) is 0.297. The fourth-order valence-electron chi connectivity index (χ4n) is 0.129. The Kier molecular flexibility index (Phi) is 4.15. The second-order valence-corrected chi connectivity index (χ2v) is 2.02. The van der Waals surface area contributed by atoms with Crippen LogP contribution in [-0.4, -0.2) is 11.1 Å². The summed E-state index contributed by atoms with van der Waals surface area (Å²) in [6.07, 6.45) is 3.26. The molecule has 40 valence electrons. The SMILES string of the molecule is O=CC=CC(Cl)Cl. The number of aldehydes is 1. The molecule has 3 heteroatoms. The van der Waals surface area contributed by atoms with Gasteiger partial charge in [-0.15, -0.1) is 23.2 Å². The first kappa shape index (κ1) is 6.99. The number of rotatable bonds is 2. The number of alkyl halides is 2. The van der Waals surface area contributed by atoms with Crippen molar-refractivity contribution in [2.24, 2.45) is 0 Å². The molecular formula is C4H4Cl2O. The Labute approximate surface area is 51.9 Å². The monoisotopic (exact) mass is 138 g/mol. The van der Waals surface area contributed by atoms with Crippen LogP contribution in [0.3, 0.4) is 0 Å². The molecule has 0 aliphatic rings. The smallest absolute Gasteiger partial charge is 0.142 e. The summed E-state index contributed by atoms with van der Waals surface area (Å²) in [5, 5.41) is 0. The highest BCUT2D eigenvalue weighted by Crippen LogP contribution is 2.00. The number of carbonyl (C=O) groups excluding carboxylic acids is 1. The van der Waals surface area contributed by atoms with Gasteiger partial charge in [0.05, 0.1) is 0 Å². The molecule has 0 spiro atoms. The Morgan fingerprint density at radius 2 is 2.00 bits per heavy atom. The van der Waals surface area contributed by atoms with E-state index in [9.17, 15) is 4.79 Å². The van der Waals surface area contributed by atoms with Crippen LogP contribution in [0.1, 0.15) is 0 Å². The molecule has 0 bridgehead atoms. The number of halogens is 2. The molecule has 0 radical (unpaired) electrons. The molecule has 0 aromatic carbocycles. The van der Waals surface area contributed by atoms with Gasteiger partial charge in [-0.25, -0.2) is 0 Å². The Balaban J connectivity index is 3.25. The summed E-state index contributed by atoms with van der Waals surface area (Å²) in [6.45, 7) is 0. The normalized spacial score (nSPS) is 10.7. The molecule has 0 atom stereocenters. The van der Waals surface area contributed by atoms with Gasteiger partial charge in [0, 0.05) is 0 Å². The number of allylic oxidation sites excluding steroid dienone is 2. The van der Waals surface area contributed by atoms with E-state index in [4.69, 9.17) is 23.2 Å². The third kappa shape index (κ3) is 5.99. The van der Waals surface area contributed by atoms with Gasteiger partial charge in [0.15, 0.2) is 0 Å². The van der Waals surface area contributed by atoms with Crippen molar-refractivity contribution >= 4 is 29.5 Å². The quantitative estimate of drug-likeness (QED) is 0.322. The highest BCUT2D eigenvalue weighted by molar-refractivity contribution is 6.45. The highest BCUT2D eigenvalue weighted by Gasteiger charge is 1.84. The number of hydrogen-bond donors (Lipinski definition) is 0. The minimum absolute atomic E-state index is 0.565. The van der Waals surface area contributed by atoms with E-state index < -0.39 is 4.84 Å². The van der Waals surface area contributed by atoms with Crippen LogP contribution < -0.4 is 0 Å². The third-order valence-electron chi connectivity index (χ3n) is 0.335. The lowest BCUT2D eigenvalue weighted by atomic mass is 10.6. The van der Waals surface area contributed by atoms with Gasteiger partial charge in [-0.2, -0.15) is 0 Å². The van der Waals surface area contributed by atoms with Crippen molar-refractivity contribution in [3.05, 3.63) is 12.2 Å². The van der Waals surface area contributed by atoms with Gasteiger partial charge >= 0.3 is 0 Å². The summed E-state index contributed by atoms with van der Waals surface area (Å²) in [5.74, 6) is 0. The first-order valence-corrected chi connectivity index (χ1v) is 2.55. The minimum Gasteiger partial charge on any atom is -0.299 e. The molecule has 0 aromatic rings. The molecular weight excluding hydrogens is 135 g/mol. The van der Waals surface area contributed by atoms with Crippen LogP contribution in [0.15, 0.2) is 12.2 Å². The standard InChI is InChI=1S/C4H4Cl2O/c5-4(6)2-1-3-7/h1-4H. The first-order chi connectivity index (χ1) is 3.27. The molecule has 0 aliphatic carbocycles. The molecule has 0 fully saturated rings. The Morgan fingerprint density at radius 1 is 1.43 bits per heavy atom. The maximum atomic E-state index is 9.51. The number of hydrogen-bond acceptors (Lipinski definition) is 1. The average Bonchev–Trinajstić information content (AvgIpc) is 1.61. The molecule has 0 aliphatic heterocycles. The van der Waals surface area contributed by atoms with E-state index in [0.29, 0.717) is 6.29 Å². The van der Waals surface area contributed by atoms with E-state index in [-0.39, 0.29) is 0 Å². The van der Waals surface area contributed by atoms with Gasteiger partial charge in [-0.3, -0.25) is 4.79 Å². The van der Waals surface area contributed by atoms with Gasteiger partial charge in [0.2, 0.25) is 0 Å². The van der Waals surface area contributed by atoms with Crippen LogP contribution >= 0.6 is 23.2 Å². The van der Waals surface area contributed by atoms with Gasteiger partial charge in [0.25, 0.3) is 0 Å². The zero-order valence-corrected chi connectivity index (χ0v) is 4.99. The molecule has 0 amide bonds. The fraction of sp³-hybridized carbons (Fsp3) is 0.250. The van der Waals surface area contributed by atoms with Crippen LogP contribution in [0, 0.1) is 0 Å². The lowest BCUT2D eigenvalue weighted by molar-refractivity contribution is -0.104. The van der Waals surface area contributed by atoms with Crippen molar-refractivity contribution in [3.8, 4) is 0 Å². The van der Waals surface area contributed by atoms with E-state index in [1.807, 2.05) is 0 Å². The summed E-state index contributed by atoms with van der Waals surface area (Å²) in [7, 11) is 0. The molecule has 0 heterocycles. The van der Waals surface area contributed by atoms with Crippen molar-refractivity contribution in [1.82, 2.24) is 0 Å². The number of carbonyl (C=O) groups is 1. The van der Waals surface area contributed by atoms with Gasteiger partial charge in [0.1, 0.15) is 11.1 Å². The maximum absolute atomic E-state index is 9.51. The summed E-state index contributed by atoms with van der Waals surface area (Å²) in [6, 6.07) is 0. The molecule has 0 saturated carbocycles. The lowest BCUT2D eigenvalue weighted by Crippen LogP contribution is -1.74. The summed E-state index contributed by atoms with van der Waals surface area (Å²) in [4.78, 5) is 8.94. The molecule has 0 N–H and O–H groups in total. The summed E-state index contributed by atoms with van der Waals surface area (Å²) < 4.78 is 0. The second-order valence-electron chi connectivity index (χ2n) is 0.855. The van der Waals surface area contributed by atoms with Crippen LogP contribution in [0.2, 0.25) is 0 Å². The maximum Gasteiger partial charge on any atom is 0.142 e. The topological polar surface area (TPSA) is 17.1 Å². The van der Waals surface area contributed by atoms with Crippen molar-refractivity contribution in [1.29, 1.82) is 0 Å². The van der Waals surface area contributed by atoms with E-state index in [0.717, 1.165) is 0 Å². The Hall–Kier alpha value is -0.0100. The zero-order chi connectivity index (χ0) is 5.70. The van der Waals surface area contributed by atoms with Crippen molar-refractivity contribution < 1.29 is 4.79 Å². The molecule has 0 rings (SSSR count). The van der Waals surface area contributed by atoms with Gasteiger partial charge in [-0.1, -0.05) is 0 Å². The minimum atomic E-state index is -0.565. The van der Waals surface area contributed by atoms with Crippen LogP contribution in [-0.2, 0) is 4.79 Å². The zero-order valence-electron chi connectivity index (χ0n) is 3.47. The predicted molar refractivity (Wildman–Crippen MR) is 30.7 cm³/mol. The van der Waals surface area contributed by atoms with Gasteiger partial charge in [-0.05, 0) is 12.2 Å². The summed E-state index contributed by atoms with van der Waals surface area (Å²) >= 11 is 10.4. The second kappa shape index (κ2) is 4.16. The third-order valence-corrected chi connectivity index (χ3v) is 0.626. The van der Waals surface area contributed by atoms with E-state index in [1.54, 1.807) is 0 Å². The molecule has 0 aromatic heterocycles. The Morgan fingerprint density at radius 3 is 2.14 bits per heavy atom. The van der Waals surface area contributed by atoms with E-state index >= 15 is 0 Å². The van der Waals surface area contributed by atoms with Crippen LogP contribution in [0.4, 0.5) is 0 Å². The van der Waals surface area contributed by atoms with Gasteiger partial charge < -0.3 is 0 Å². The highest BCUT2D eigenvalue weighted by atomic mass is 35.5. The van der Waals surface area contributed by atoms with E-state index in [2.05, 4.69) is 0 Å². The molecule has 7 heavy (non-hydrogen) atoms. The molecule has 1 nitrogen and oxygen atoms in total. The van der Waals surface area contributed by atoms with Crippen LogP contribution in [0.25, 0.3) is 0 Å². The van der Waals surface area contributed by atoms with Crippen molar-refractivity contribution in [2.45, 2.75) is 4.84 Å². The molecule has 0 saturated heterocycles. The predicted octanol–water partition coefficient (Wildman–Crippen LogP) is 1.55. The van der Waals surface area contributed by atoms with Crippen molar-refractivity contribution in [3.63, 3.8) is 0 Å². The van der Waals surface area contributed by atoms with Crippen LogP contribution in [0.5, 0.6) is 0 Å². The van der Waals surface area contributed by atoms with E-state index in [1.165, 1.54) is 12.2 Å². The summed E-state index contributed by atoms with van der Waals surface area (Å²) in [5.41, 5.74) is 0. The molecule has 0 unspecified atom stereocenters.